The minimum absolute atomic E-state index is 0.0591. The normalized spacial score (nSPS) is 14.8. The van der Waals surface area contributed by atoms with Crippen LogP contribution >= 0.6 is 0 Å². The summed E-state index contributed by atoms with van der Waals surface area (Å²) >= 11 is 0. The second-order valence-electron chi connectivity index (χ2n) is 5.13. The maximum absolute atomic E-state index is 11.3. The van der Waals surface area contributed by atoms with Crippen molar-refractivity contribution in [3.63, 3.8) is 0 Å². The Hall–Kier alpha value is -1.42. The SMILES string of the molecule is CC(CS(C)(=O)=O)N(C)CC(O)c1ccc(C#N)cc1. The first kappa shape index (κ1) is 16.6. The molecule has 0 spiro atoms. The van der Waals surface area contributed by atoms with Crippen molar-refractivity contribution in [1.29, 1.82) is 5.26 Å². The van der Waals surface area contributed by atoms with E-state index in [1.165, 1.54) is 6.26 Å². The van der Waals surface area contributed by atoms with Gasteiger partial charge in [0, 0.05) is 18.8 Å². The zero-order chi connectivity index (χ0) is 15.3. The highest BCUT2D eigenvalue weighted by atomic mass is 32.2. The second kappa shape index (κ2) is 6.84. The van der Waals surface area contributed by atoms with Gasteiger partial charge in [0.25, 0.3) is 0 Å². The summed E-state index contributed by atoms with van der Waals surface area (Å²) in [4.78, 5) is 1.81. The van der Waals surface area contributed by atoms with Crippen molar-refractivity contribution in [1.82, 2.24) is 4.90 Å². The van der Waals surface area contributed by atoms with E-state index >= 15 is 0 Å². The molecule has 0 aliphatic carbocycles. The van der Waals surface area contributed by atoms with Gasteiger partial charge in [-0.3, -0.25) is 4.90 Å². The van der Waals surface area contributed by atoms with E-state index in [2.05, 4.69) is 0 Å². The first-order chi connectivity index (χ1) is 9.23. The Morgan fingerprint density at radius 1 is 1.35 bits per heavy atom. The molecule has 1 aromatic rings. The van der Waals surface area contributed by atoms with Crippen molar-refractivity contribution in [2.75, 3.05) is 25.6 Å². The molecule has 0 fully saturated rings. The molecule has 0 aromatic heterocycles. The maximum Gasteiger partial charge on any atom is 0.148 e. The fraction of sp³-hybridized carbons (Fsp3) is 0.500. The monoisotopic (exact) mass is 296 g/mol. The predicted octanol–water partition coefficient (Wildman–Crippen LogP) is 0.957. The first-order valence-electron chi connectivity index (χ1n) is 6.29. The summed E-state index contributed by atoms with van der Waals surface area (Å²) in [5.41, 5.74) is 1.25. The molecule has 0 saturated carbocycles. The van der Waals surface area contributed by atoms with Crippen LogP contribution in [0.15, 0.2) is 24.3 Å². The Morgan fingerprint density at radius 2 is 1.90 bits per heavy atom. The fourth-order valence-corrected chi connectivity index (χ4v) is 3.03. The number of hydrogen-bond donors (Lipinski definition) is 1. The van der Waals surface area contributed by atoms with E-state index < -0.39 is 15.9 Å². The van der Waals surface area contributed by atoms with E-state index in [9.17, 15) is 13.5 Å². The van der Waals surface area contributed by atoms with E-state index in [-0.39, 0.29) is 11.8 Å². The molecule has 2 atom stereocenters. The van der Waals surface area contributed by atoms with Crippen molar-refractivity contribution in [2.45, 2.75) is 19.1 Å². The average molecular weight is 296 g/mol. The summed E-state index contributed by atoms with van der Waals surface area (Å²) in [6.45, 7) is 2.15. The van der Waals surface area contributed by atoms with Gasteiger partial charge in [-0.15, -0.1) is 0 Å². The summed E-state index contributed by atoms with van der Waals surface area (Å²) in [5.74, 6) is 0.0591. The minimum Gasteiger partial charge on any atom is -0.387 e. The lowest BCUT2D eigenvalue weighted by molar-refractivity contribution is 0.113. The van der Waals surface area contributed by atoms with Crippen LogP contribution < -0.4 is 0 Å². The van der Waals surface area contributed by atoms with Crippen LogP contribution in [0.2, 0.25) is 0 Å². The Kier molecular flexibility index (Phi) is 5.69. The Balaban J connectivity index is 2.65. The first-order valence-corrected chi connectivity index (χ1v) is 8.35. The number of sulfone groups is 1. The molecule has 0 aliphatic rings. The van der Waals surface area contributed by atoms with E-state index in [4.69, 9.17) is 5.26 Å². The molecule has 0 amide bonds. The van der Waals surface area contributed by atoms with Gasteiger partial charge in [0.2, 0.25) is 0 Å². The number of aliphatic hydroxyl groups excluding tert-OH is 1. The molecule has 6 heteroatoms. The van der Waals surface area contributed by atoms with Crippen LogP contribution in [0, 0.1) is 11.3 Å². The van der Waals surface area contributed by atoms with Crippen LogP contribution in [0.3, 0.4) is 0 Å². The third kappa shape index (κ3) is 5.29. The Bertz CT molecular complexity index is 575. The highest BCUT2D eigenvalue weighted by molar-refractivity contribution is 7.90. The van der Waals surface area contributed by atoms with Gasteiger partial charge in [0.05, 0.1) is 23.5 Å². The smallest absolute Gasteiger partial charge is 0.148 e. The van der Waals surface area contributed by atoms with Gasteiger partial charge in [-0.05, 0) is 31.7 Å². The molecule has 0 bridgehead atoms. The van der Waals surface area contributed by atoms with E-state index in [0.717, 1.165) is 0 Å². The molecule has 1 rings (SSSR count). The molecule has 110 valence electrons. The average Bonchev–Trinajstić information content (AvgIpc) is 2.36. The van der Waals surface area contributed by atoms with Crippen molar-refractivity contribution in [2.24, 2.45) is 0 Å². The number of nitriles is 1. The lowest BCUT2D eigenvalue weighted by Gasteiger charge is -2.26. The summed E-state index contributed by atoms with van der Waals surface area (Å²) in [6, 6.07) is 8.57. The van der Waals surface area contributed by atoms with Crippen LogP contribution in [0.4, 0.5) is 0 Å². The lowest BCUT2D eigenvalue weighted by Crippen LogP contribution is -2.37. The maximum atomic E-state index is 11.3. The zero-order valence-corrected chi connectivity index (χ0v) is 12.8. The van der Waals surface area contributed by atoms with Crippen molar-refractivity contribution in [3.8, 4) is 6.07 Å². The Labute approximate surface area is 120 Å². The van der Waals surface area contributed by atoms with Gasteiger partial charge in [0.15, 0.2) is 0 Å². The fourth-order valence-electron chi connectivity index (χ4n) is 1.90. The summed E-state index contributed by atoms with van der Waals surface area (Å²) in [6.07, 6.45) is 0.490. The predicted molar refractivity (Wildman–Crippen MR) is 77.9 cm³/mol. The highest BCUT2D eigenvalue weighted by Crippen LogP contribution is 2.16. The van der Waals surface area contributed by atoms with Crippen LogP contribution in [0.5, 0.6) is 0 Å². The third-order valence-corrected chi connectivity index (χ3v) is 4.27. The molecule has 0 saturated heterocycles. The number of aliphatic hydroxyl groups is 1. The molecular formula is C14H20N2O3S. The third-order valence-electron chi connectivity index (χ3n) is 3.18. The van der Waals surface area contributed by atoms with E-state index in [0.29, 0.717) is 17.7 Å². The summed E-state index contributed by atoms with van der Waals surface area (Å²) in [7, 11) is -1.26. The number of nitrogens with zero attached hydrogens (tertiary/aromatic N) is 2. The van der Waals surface area contributed by atoms with Crippen LogP contribution in [0.25, 0.3) is 0 Å². The molecule has 0 heterocycles. The zero-order valence-electron chi connectivity index (χ0n) is 11.9. The summed E-state index contributed by atoms with van der Waals surface area (Å²) in [5, 5.41) is 18.8. The van der Waals surface area contributed by atoms with Crippen molar-refractivity contribution in [3.05, 3.63) is 35.4 Å². The van der Waals surface area contributed by atoms with Gasteiger partial charge < -0.3 is 5.11 Å². The molecule has 0 aliphatic heterocycles. The quantitative estimate of drug-likeness (QED) is 0.845. The lowest BCUT2D eigenvalue weighted by atomic mass is 10.1. The van der Waals surface area contributed by atoms with Crippen molar-refractivity contribution >= 4 is 9.84 Å². The van der Waals surface area contributed by atoms with Gasteiger partial charge in [-0.2, -0.15) is 5.26 Å². The molecule has 5 nitrogen and oxygen atoms in total. The van der Waals surface area contributed by atoms with Crippen LogP contribution in [-0.4, -0.2) is 50.1 Å². The Morgan fingerprint density at radius 3 is 2.35 bits per heavy atom. The van der Waals surface area contributed by atoms with Gasteiger partial charge in [0.1, 0.15) is 9.84 Å². The molecule has 20 heavy (non-hydrogen) atoms. The topological polar surface area (TPSA) is 81.4 Å². The van der Waals surface area contributed by atoms with Crippen LogP contribution in [-0.2, 0) is 9.84 Å². The standard InChI is InChI=1S/C14H20N2O3S/c1-11(10-20(3,18)19)16(2)9-14(17)13-6-4-12(8-15)5-7-13/h4-7,11,14,17H,9-10H2,1-3H3. The molecule has 0 radical (unpaired) electrons. The van der Waals surface area contributed by atoms with Gasteiger partial charge >= 0.3 is 0 Å². The van der Waals surface area contributed by atoms with Crippen molar-refractivity contribution < 1.29 is 13.5 Å². The van der Waals surface area contributed by atoms with Gasteiger partial charge in [-0.1, -0.05) is 12.1 Å². The van der Waals surface area contributed by atoms with E-state index in [1.54, 1.807) is 31.3 Å². The van der Waals surface area contributed by atoms with Gasteiger partial charge in [-0.25, -0.2) is 8.42 Å². The molecular weight excluding hydrogens is 276 g/mol. The molecule has 1 aromatic carbocycles. The number of likely N-dealkylation sites (N-methyl/N-ethyl adjacent to an activating group) is 1. The summed E-state index contributed by atoms with van der Waals surface area (Å²) < 4.78 is 22.5. The second-order valence-corrected chi connectivity index (χ2v) is 7.32. The minimum atomic E-state index is -3.04. The number of hydrogen-bond acceptors (Lipinski definition) is 5. The largest absolute Gasteiger partial charge is 0.387 e. The molecule has 2 unspecified atom stereocenters. The van der Waals surface area contributed by atoms with E-state index in [1.807, 2.05) is 17.9 Å². The molecule has 1 N–H and O–H groups in total. The van der Waals surface area contributed by atoms with Crippen LogP contribution in [0.1, 0.15) is 24.2 Å². The number of benzene rings is 1. The highest BCUT2D eigenvalue weighted by Gasteiger charge is 2.18. The number of rotatable bonds is 6.